The van der Waals surface area contributed by atoms with Gasteiger partial charge in [0.05, 0.1) is 11.9 Å². The van der Waals surface area contributed by atoms with E-state index in [1.807, 2.05) is 0 Å². The first kappa shape index (κ1) is 20.7. The third-order valence-electron chi connectivity index (χ3n) is 2.58. The monoisotopic (exact) mass is 318 g/mol. The molecule has 4 nitrogen and oxygen atoms in total. The Balaban J connectivity index is 0.00000180. The minimum Gasteiger partial charge on any atom is -0.545 e. The summed E-state index contributed by atoms with van der Waals surface area (Å²) in [6, 6.07) is 12.2. The van der Waals surface area contributed by atoms with Gasteiger partial charge in [-0.3, -0.25) is 0 Å². The van der Waals surface area contributed by atoms with Crippen LogP contribution in [0.25, 0.3) is 11.1 Å². The first-order valence-electron chi connectivity index (χ1n) is 5.22. The van der Waals surface area contributed by atoms with Crippen molar-refractivity contribution >= 4 is 11.9 Å². The van der Waals surface area contributed by atoms with E-state index in [9.17, 15) is 19.8 Å². The molecule has 2 rings (SSSR count). The van der Waals surface area contributed by atoms with Crippen molar-refractivity contribution in [3.63, 3.8) is 0 Å². The Morgan fingerprint density at radius 3 is 1.25 bits per heavy atom. The fourth-order valence-electron chi connectivity index (χ4n) is 1.79. The molecule has 0 aliphatic heterocycles. The van der Waals surface area contributed by atoms with Gasteiger partial charge in [0.15, 0.2) is 0 Å². The predicted molar refractivity (Wildman–Crippen MR) is 60.5 cm³/mol. The number of carboxylic acid groups (broad SMARTS) is 2. The molecule has 0 radical (unpaired) electrons. The maximum Gasteiger partial charge on any atom is 1.00 e. The summed E-state index contributed by atoms with van der Waals surface area (Å²) in [5.41, 5.74) is 0.506. The number of carbonyl (C=O) groups excluding carboxylic acids is 2. The van der Waals surface area contributed by atoms with Crippen LogP contribution in [-0.2, 0) is 0 Å². The molecule has 6 heteroatoms. The van der Waals surface area contributed by atoms with E-state index >= 15 is 0 Å². The molecule has 2 aromatic rings. The molecule has 0 spiro atoms. The number of benzene rings is 2. The Morgan fingerprint density at radius 1 is 0.650 bits per heavy atom. The van der Waals surface area contributed by atoms with E-state index < -0.39 is 11.9 Å². The fourth-order valence-corrected chi connectivity index (χ4v) is 1.79. The molecular weight excluding hydrogens is 310 g/mol. The van der Waals surface area contributed by atoms with Crippen molar-refractivity contribution in [2.75, 3.05) is 0 Å². The third-order valence-corrected chi connectivity index (χ3v) is 2.58. The number of hydrogen-bond acceptors (Lipinski definition) is 4. The van der Waals surface area contributed by atoms with E-state index in [2.05, 4.69) is 0 Å². The van der Waals surface area contributed by atoms with E-state index in [0.29, 0.717) is 11.1 Å². The molecule has 0 saturated heterocycles. The van der Waals surface area contributed by atoms with Crippen molar-refractivity contribution in [2.45, 2.75) is 0 Å². The zero-order valence-corrected chi connectivity index (χ0v) is 17.5. The van der Waals surface area contributed by atoms with Gasteiger partial charge < -0.3 is 19.8 Å². The van der Waals surface area contributed by atoms with Crippen LogP contribution in [-0.4, -0.2) is 11.9 Å². The van der Waals surface area contributed by atoms with E-state index in [1.54, 1.807) is 24.3 Å². The van der Waals surface area contributed by atoms with Crippen LogP contribution in [0.15, 0.2) is 48.5 Å². The van der Waals surface area contributed by atoms with Gasteiger partial charge in [0, 0.05) is 11.1 Å². The zero-order valence-electron chi connectivity index (χ0n) is 11.3. The van der Waals surface area contributed by atoms with Crippen LogP contribution in [0.3, 0.4) is 0 Å². The zero-order chi connectivity index (χ0) is 13.1. The fraction of sp³-hybridized carbons (Fsp3) is 0. The van der Waals surface area contributed by atoms with Crippen molar-refractivity contribution in [1.29, 1.82) is 0 Å². The molecule has 0 heterocycles. The summed E-state index contributed by atoms with van der Waals surface area (Å²) in [6.45, 7) is 0. The summed E-state index contributed by atoms with van der Waals surface area (Å²) < 4.78 is 0. The van der Waals surface area contributed by atoms with E-state index in [4.69, 9.17) is 0 Å². The number of carboxylic acids is 2. The van der Waals surface area contributed by atoms with Crippen molar-refractivity contribution in [2.24, 2.45) is 0 Å². The molecule has 20 heavy (non-hydrogen) atoms. The number of hydrogen-bond donors (Lipinski definition) is 0. The minimum atomic E-state index is -1.35. The normalized spacial score (nSPS) is 9.00. The first-order valence-corrected chi connectivity index (χ1v) is 5.22. The maximum atomic E-state index is 11.0. The summed E-state index contributed by atoms with van der Waals surface area (Å²) in [7, 11) is 0. The van der Waals surface area contributed by atoms with Gasteiger partial charge >= 0.3 is 103 Å². The molecule has 0 atom stereocenters. The first-order chi connectivity index (χ1) is 8.61. The number of carbonyl (C=O) groups is 2. The topological polar surface area (TPSA) is 80.3 Å². The average molecular weight is 318 g/mol. The molecular formula is C14H8K2O4. The number of aromatic carboxylic acids is 2. The molecule has 0 amide bonds. The molecule has 0 unspecified atom stereocenters. The van der Waals surface area contributed by atoms with Crippen molar-refractivity contribution in [3.8, 4) is 11.1 Å². The predicted octanol–water partition coefficient (Wildman–Crippen LogP) is -5.91. The average Bonchev–Trinajstić information content (AvgIpc) is 2.38. The number of rotatable bonds is 3. The van der Waals surface area contributed by atoms with Crippen molar-refractivity contribution in [3.05, 3.63) is 59.7 Å². The van der Waals surface area contributed by atoms with Crippen LogP contribution in [0.5, 0.6) is 0 Å². The minimum absolute atomic E-state index is 0. The molecule has 2 aromatic carbocycles. The molecule has 0 aliphatic rings. The molecule has 0 fully saturated rings. The van der Waals surface area contributed by atoms with Gasteiger partial charge in [0.2, 0.25) is 0 Å². The van der Waals surface area contributed by atoms with Crippen LogP contribution in [0.4, 0.5) is 0 Å². The van der Waals surface area contributed by atoms with Gasteiger partial charge in [0.25, 0.3) is 0 Å². The molecule has 90 valence electrons. The standard InChI is InChI=1S/C14H10O4.2K/c15-13(16)11-7-3-1-5-9(11)10-6-2-4-8-12(10)14(17)18;;/h1-8H,(H,15,16)(H,17,18);;/q;2*+1/p-2. The SMILES string of the molecule is O=C([O-])c1ccccc1-c1ccccc1C(=O)[O-].[K+].[K+]. The molecule has 0 aliphatic carbocycles. The second-order valence-electron chi connectivity index (χ2n) is 3.67. The van der Waals surface area contributed by atoms with E-state index in [-0.39, 0.29) is 114 Å². The van der Waals surface area contributed by atoms with Gasteiger partial charge in [-0.05, 0) is 11.1 Å². The second kappa shape index (κ2) is 9.63. The van der Waals surface area contributed by atoms with Crippen molar-refractivity contribution < 1.29 is 123 Å². The largest absolute Gasteiger partial charge is 1.00 e. The van der Waals surface area contributed by atoms with Crippen molar-refractivity contribution in [1.82, 2.24) is 0 Å². The Kier molecular flexibility index (Phi) is 9.94. The second-order valence-corrected chi connectivity index (χ2v) is 3.67. The Labute approximate surface area is 201 Å². The van der Waals surface area contributed by atoms with Crippen LogP contribution >= 0.6 is 0 Å². The van der Waals surface area contributed by atoms with E-state index in [0.717, 1.165) is 0 Å². The summed E-state index contributed by atoms with van der Waals surface area (Å²) in [5.74, 6) is -2.70. The van der Waals surface area contributed by atoms with Gasteiger partial charge in [0.1, 0.15) is 0 Å². The molecule has 0 bridgehead atoms. The van der Waals surface area contributed by atoms with E-state index in [1.165, 1.54) is 24.3 Å². The van der Waals surface area contributed by atoms with Gasteiger partial charge in [-0.15, -0.1) is 0 Å². The van der Waals surface area contributed by atoms with Crippen LogP contribution in [0, 0.1) is 0 Å². The van der Waals surface area contributed by atoms with Crippen LogP contribution in [0.1, 0.15) is 20.7 Å². The Hall–Kier alpha value is 0.653. The summed E-state index contributed by atoms with van der Waals surface area (Å²) >= 11 is 0. The van der Waals surface area contributed by atoms with Gasteiger partial charge in [-0.2, -0.15) is 0 Å². The Bertz CT molecular complexity index is 571. The van der Waals surface area contributed by atoms with Gasteiger partial charge in [-0.25, -0.2) is 0 Å². The molecule has 0 N–H and O–H groups in total. The third kappa shape index (κ3) is 4.84. The summed E-state index contributed by atoms with van der Waals surface area (Å²) in [4.78, 5) is 22.0. The molecule has 0 aromatic heterocycles. The quantitative estimate of drug-likeness (QED) is 0.528. The smallest absolute Gasteiger partial charge is 0.545 e. The maximum absolute atomic E-state index is 11.0. The van der Waals surface area contributed by atoms with Crippen LogP contribution in [0.2, 0.25) is 0 Å². The van der Waals surface area contributed by atoms with Gasteiger partial charge in [-0.1, -0.05) is 48.5 Å². The van der Waals surface area contributed by atoms with Crippen LogP contribution < -0.4 is 113 Å². The summed E-state index contributed by atoms with van der Waals surface area (Å²) in [6.07, 6.45) is 0. The molecule has 0 saturated carbocycles. The Morgan fingerprint density at radius 2 is 0.950 bits per heavy atom. The summed E-state index contributed by atoms with van der Waals surface area (Å²) in [5, 5.41) is 22.0.